The third-order valence-electron chi connectivity index (χ3n) is 2.77. The summed E-state index contributed by atoms with van der Waals surface area (Å²) in [5.41, 5.74) is 2.11. The minimum absolute atomic E-state index is 0.349. The molecule has 0 radical (unpaired) electrons. The highest BCUT2D eigenvalue weighted by molar-refractivity contribution is 9.11. The Morgan fingerprint density at radius 2 is 1.94 bits per heavy atom. The smallest absolute Gasteiger partial charge is 0.166 e. The van der Waals surface area contributed by atoms with E-state index in [4.69, 9.17) is 4.74 Å². The number of ether oxygens (including phenoxy) is 1. The zero-order chi connectivity index (χ0) is 12.1. The highest BCUT2D eigenvalue weighted by atomic mass is 79.9. The van der Waals surface area contributed by atoms with E-state index in [0.29, 0.717) is 0 Å². The van der Waals surface area contributed by atoms with Gasteiger partial charge in [-0.05, 0) is 33.1 Å². The lowest BCUT2D eigenvalue weighted by Gasteiger charge is -2.26. The third kappa shape index (κ3) is 4.22. The van der Waals surface area contributed by atoms with E-state index in [9.17, 15) is 4.39 Å². The van der Waals surface area contributed by atoms with Gasteiger partial charge in [-0.25, -0.2) is 0 Å². The minimum atomic E-state index is -0.349. The fraction of sp³-hybridized carbons (Fsp3) is 0.385. The number of hydrogen-bond acceptors (Lipinski definition) is 2. The van der Waals surface area contributed by atoms with Crippen molar-refractivity contribution < 1.29 is 9.13 Å². The first kappa shape index (κ1) is 12.7. The number of hydrogen-bond donors (Lipinski definition) is 0. The van der Waals surface area contributed by atoms with Gasteiger partial charge in [0.05, 0.1) is 13.2 Å². The Kier molecular flexibility index (Phi) is 4.71. The highest BCUT2D eigenvalue weighted by Crippen LogP contribution is 2.15. The van der Waals surface area contributed by atoms with Crippen LogP contribution >= 0.6 is 15.9 Å². The maximum Gasteiger partial charge on any atom is 0.166 e. The second-order valence-electron chi connectivity index (χ2n) is 4.06. The predicted molar refractivity (Wildman–Crippen MR) is 70.6 cm³/mol. The molecule has 0 N–H and O–H groups in total. The van der Waals surface area contributed by atoms with Crippen LogP contribution in [0.1, 0.15) is 11.1 Å². The van der Waals surface area contributed by atoms with E-state index >= 15 is 0 Å². The van der Waals surface area contributed by atoms with Gasteiger partial charge in [0, 0.05) is 19.6 Å². The summed E-state index contributed by atoms with van der Waals surface area (Å²) in [6.45, 7) is 4.53. The van der Waals surface area contributed by atoms with Crippen molar-refractivity contribution in [2.75, 3.05) is 26.3 Å². The molecular weight excluding hydrogens is 285 g/mol. The summed E-state index contributed by atoms with van der Waals surface area (Å²) < 4.78 is 17.6. The van der Waals surface area contributed by atoms with Crippen molar-refractivity contribution in [1.29, 1.82) is 0 Å². The summed E-state index contributed by atoms with van der Waals surface area (Å²) in [7, 11) is 0. The van der Waals surface area contributed by atoms with Gasteiger partial charge in [0.1, 0.15) is 0 Å². The minimum Gasteiger partial charge on any atom is -0.379 e. The molecule has 0 aromatic heterocycles. The molecule has 4 heteroatoms. The van der Waals surface area contributed by atoms with Crippen molar-refractivity contribution in [3.05, 3.63) is 40.1 Å². The predicted octanol–water partition coefficient (Wildman–Crippen LogP) is 3.18. The Balaban J connectivity index is 1.95. The Labute approximate surface area is 109 Å². The molecule has 1 aliphatic rings. The largest absolute Gasteiger partial charge is 0.379 e. The molecule has 2 nitrogen and oxygen atoms in total. The van der Waals surface area contributed by atoms with Crippen LogP contribution in [-0.2, 0) is 11.3 Å². The second kappa shape index (κ2) is 6.28. The van der Waals surface area contributed by atoms with Crippen molar-refractivity contribution in [2.24, 2.45) is 0 Å². The Bertz CT molecular complexity index is 381. The summed E-state index contributed by atoms with van der Waals surface area (Å²) in [6.07, 6.45) is 1.46. The van der Waals surface area contributed by atoms with Gasteiger partial charge in [0.25, 0.3) is 0 Å². The molecular formula is C13H15BrFNO. The fourth-order valence-electron chi connectivity index (χ4n) is 1.86. The van der Waals surface area contributed by atoms with Crippen LogP contribution in [0.4, 0.5) is 4.39 Å². The molecule has 1 aromatic carbocycles. The van der Waals surface area contributed by atoms with Gasteiger partial charge in [-0.1, -0.05) is 24.3 Å². The Morgan fingerprint density at radius 3 is 2.53 bits per heavy atom. The molecule has 0 spiro atoms. The molecule has 0 bridgehead atoms. The van der Waals surface area contributed by atoms with E-state index in [-0.39, 0.29) is 4.74 Å². The van der Waals surface area contributed by atoms with Crippen LogP contribution in [0.2, 0.25) is 0 Å². The summed E-state index contributed by atoms with van der Waals surface area (Å²) >= 11 is 2.78. The van der Waals surface area contributed by atoms with Crippen molar-refractivity contribution in [2.45, 2.75) is 6.54 Å². The topological polar surface area (TPSA) is 12.5 Å². The SMILES string of the molecule is F/C(Br)=C/c1ccc(CN2CCOCC2)cc1. The standard InChI is InChI=1S/C13H15BrFNO/c14-13(15)9-11-1-3-12(4-2-11)10-16-5-7-17-8-6-16/h1-4,9H,5-8,10H2/b13-9+. The maximum absolute atomic E-state index is 12.6. The molecule has 0 amide bonds. The highest BCUT2D eigenvalue weighted by Gasteiger charge is 2.10. The first-order chi connectivity index (χ1) is 8.24. The number of rotatable bonds is 3. The van der Waals surface area contributed by atoms with Crippen LogP contribution in [0, 0.1) is 0 Å². The van der Waals surface area contributed by atoms with E-state index in [2.05, 4.69) is 20.8 Å². The van der Waals surface area contributed by atoms with Gasteiger partial charge >= 0.3 is 0 Å². The van der Waals surface area contributed by atoms with Gasteiger partial charge < -0.3 is 4.74 Å². The molecule has 2 rings (SSSR count). The van der Waals surface area contributed by atoms with Crippen LogP contribution in [0.5, 0.6) is 0 Å². The first-order valence-corrected chi connectivity index (χ1v) is 6.45. The lowest BCUT2D eigenvalue weighted by Crippen LogP contribution is -2.35. The van der Waals surface area contributed by atoms with E-state index in [1.54, 1.807) is 0 Å². The summed E-state index contributed by atoms with van der Waals surface area (Å²) in [5, 5.41) is 0. The average molecular weight is 300 g/mol. The maximum atomic E-state index is 12.6. The van der Waals surface area contributed by atoms with Crippen LogP contribution < -0.4 is 0 Å². The second-order valence-corrected chi connectivity index (χ2v) is 4.82. The molecule has 0 unspecified atom stereocenters. The van der Waals surface area contributed by atoms with Crippen molar-refractivity contribution in [1.82, 2.24) is 4.90 Å². The number of nitrogens with zero attached hydrogens (tertiary/aromatic N) is 1. The fourth-order valence-corrected chi connectivity index (χ4v) is 2.13. The number of morpholine rings is 1. The Morgan fingerprint density at radius 1 is 1.29 bits per heavy atom. The lowest BCUT2D eigenvalue weighted by atomic mass is 10.1. The van der Waals surface area contributed by atoms with E-state index < -0.39 is 0 Å². The van der Waals surface area contributed by atoms with Gasteiger partial charge in [-0.15, -0.1) is 0 Å². The Hall–Kier alpha value is -0.710. The summed E-state index contributed by atoms with van der Waals surface area (Å²) in [6, 6.07) is 7.93. The zero-order valence-electron chi connectivity index (χ0n) is 9.53. The molecule has 17 heavy (non-hydrogen) atoms. The first-order valence-electron chi connectivity index (χ1n) is 5.66. The van der Waals surface area contributed by atoms with Crippen LogP contribution in [0.25, 0.3) is 6.08 Å². The normalized spacial score (nSPS) is 18.4. The molecule has 1 aliphatic heterocycles. The summed E-state index contributed by atoms with van der Waals surface area (Å²) in [5.74, 6) is 0. The zero-order valence-corrected chi connectivity index (χ0v) is 11.1. The van der Waals surface area contributed by atoms with E-state index in [1.165, 1.54) is 11.6 Å². The third-order valence-corrected chi connectivity index (χ3v) is 2.99. The van der Waals surface area contributed by atoms with Gasteiger partial charge in [0.2, 0.25) is 0 Å². The van der Waals surface area contributed by atoms with Gasteiger partial charge in [-0.3, -0.25) is 4.90 Å². The van der Waals surface area contributed by atoms with Crippen molar-refractivity contribution in [3.8, 4) is 0 Å². The lowest BCUT2D eigenvalue weighted by molar-refractivity contribution is 0.0342. The molecule has 0 saturated carbocycles. The molecule has 1 saturated heterocycles. The van der Waals surface area contributed by atoms with Crippen molar-refractivity contribution in [3.63, 3.8) is 0 Å². The van der Waals surface area contributed by atoms with Crippen molar-refractivity contribution >= 4 is 22.0 Å². The average Bonchev–Trinajstić information content (AvgIpc) is 2.32. The molecule has 0 aliphatic carbocycles. The van der Waals surface area contributed by atoms with Crippen LogP contribution in [0.15, 0.2) is 29.0 Å². The van der Waals surface area contributed by atoms with Gasteiger partial charge in [-0.2, -0.15) is 4.39 Å². The molecule has 92 valence electrons. The summed E-state index contributed by atoms with van der Waals surface area (Å²) in [4.78, 5) is 2.36. The van der Waals surface area contributed by atoms with Gasteiger partial charge in [0.15, 0.2) is 4.74 Å². The quantitative estimate of drug-likeness (QED) is 0.850. The monoisotopic (exact) mass is 299 g/mol. The van der Waals surface area contributed by atoms with E-state index in [0.717, 1.165) is 38.4 Å². The molecule has 1 aromatic rings. The molecule has 1 fully saturated rings. The molecule has 0 atom stereocenters. The van der Waals surface area contributed by atoms with Crippen LogP contribution in [0.3, 0.4) is 0 Å². The van der Waals surface area contributed by atoms with E-state index in [1.807, 2.05) is 24.3 Å². The molecule has 1 heterocycles. The van der Waals surface area contributed by atoms with Crippen LogP contribution in [-0.4, -0.2) is 31.2 Å². The number of halogens is 2. The number of benzene rings is 1.